The number of nitrogens with zero attached hydrogens (tertiary/aromatic N) is 2. The summed E-state index contributed by atoms with van der Waals surface area (Å²) in [5, 5.41) is 7.23. The lowest BCUT2D eigenvalue weighted by atomic mass is 10.0. The topological polar surface area (TPSA) is 23.0 Å². The maximum Gasteiger partial charge on any atom is 0.143 e. The number of aromatic nitrogens is 2. The third-order valence-corrected chi connectivity index (χ3v) is 10.5. The van der Waals surface area contributed by atoms with E-state index >= 15 is 0 Å². The van der Waals surface area contributed by atoms with E-state index in [9.17, 15) is 0 Å². The molecule has 51 heavy (non-hydrogen) atoms. The number of para-hydroxylation sites is 4. The normalized spacial score (nSPS) is 11.9. The van der Waals surface area contributed by atoms with Crippen molar-refractivity contribution in [3.05, 3.63) is 182 Å². The van der Waals surface area contributed by atoms with Gasteiger partial charge in [0, 0.05) is 49.3 Å². The highest BCUT2D eigenvalue weighted by atomic mass is 16.3. The second kappa shape index (κ2) is 10.8. The molecule has 11 aromatic rings. The highest BCUT2D eigenvalue weighted by molar-refractivity contribution is 6.24. The maximum atomic E-state index is 6.42. The van der Waals surface area contributed by atoms with Crippen LogP contribution in [0.3, 0.4) is 0 Å². The summed E-state index contributed by atoms with van der Waals surface area (Å²) in [4.78, 5) is 0. The van der Waals surface area contributed by atoms with Crippen LogP contribution in [0.15, 0.2) is 186 Å². The molecule has 0 aliphatic carbocycles. The molecule has 0 atom stereocenters. The molecule has 11 rings (SSSR count). The first-order valence-corrected chi connectivity index (χ1v) is 17.4. The summed E-state index contributed by atoms with van der Waals surface area (Å²) in [6, 6.07) is 65.4. The van der Waals surface area contributed by atoms with Crippen molar-refractivity contribution in [3.8, 4) is 33.6 Å². The van der Waals surface area contributed by atoms with Crippen LogP contribution >= 0.6 is 0 Å². The molecule has 3 heterocycles. The Morgan fingerprint density at radius 2 is 0.922 bits per heavy atom. The molecule has 0 aliphatic rings. The van der Waals surface area contributed by atoms with Gasteiger partial charge in [0.2, 0.25) is 0 Å². The SMILES string of the molecule is c1ccc(-c2ccc3c(c2)c2ccc4c5ccccc5n(-c5ccc(-c6cccc7c6oc6ccccc67)cc5)c4c2n3-c2ccccc2)cc1. The molecule has 3 heteroatoms. The number of rotatable bonds is 4. The number of fused-ring (bicyclic) bond motifs is 10. The number of hydrogen-bond donors (Lipinski definition) is 0. The molecule has 3 nitrogen and oxygen atoms in total. The molecule has 0 saturated heterocycles. The number of hydrogen-bond acceptors (Lipinski definition) is 1. The van der Waals surface area contributed by atoms with Gasteiger partial charge >= 0.3 is 0 Å². The summed E-state index contributed by atoms with van der Waals surface area (Å²) >= 11 is 0. The van der Waals surface area contributed by atoms with Crippen molar-refractivity contribution in [2.24, 2.45) is 0 Å². The quantitative estimate of drug-likeness (QED) is 0.186. The van der Waals surface area contributed by atoms with Crippen LogP contribution in [0.25, 0.3) is 99.2 Å². The predicted molar refractivity (Wildman–Crippen MR) is 213 cm³/mol. The van der Waals surface area contributed by atoms with Crippen LogP contribution in [0.4, 0.5) is 0 Å². The van der Waals surface area contributed by atoms with Gasteiger partial charge in [0.05, 0.1) is 22.1 Å². The van der Waals surface area contributed by atoms with Gasteiger partial charge in [-0.05, 0) is 65.2 Å². The Kier molecular flexibility index (Phi) is 5.96. The zero-order valence-corrected chi connectivity index (χ0v) is 27.6. The van der Waals surface area contributed by atoms with E-state index in [0.29, 0.717) is 0 Å². The van der Waals surface area contributed by atoms with Crippen molar-refractivity contribution < 1.29 is 4.42 Å². The molecule has 0 fully saturated rings. The van der Waals surface area contributed by atoms with Gasteiger partial charge < -0.3 is 13.6 Å². The van der Waals surface area contributed by atoms with Gasteiger partial charge in [-0.3, -0.25) is 0 Å². The highest BCUT2D eigenvalue weighted by Gasteiger charge is 2.22. The molecule has 0 radical (unpaired) electrons. The molecule has 0 bridgehead atoms. The third-order valence-electron chi connectivity index (χ3n) is 10.5. The summed E-state index contributed by atoms with van der Waals surface area (Å²) in [6.07, 6.45) is 0. The summed E-state index contributed by atoms with van der Waals surface area (Å²) in [6.45, 7) is 0. The molecule has 238 valence electrons. The van der Waals surface area contributed by atoms with Gasteiger partial charge in [-0.2, -0.15) is 0 Å². The van der Waals surface area contributed by atoms with Crippen molar-refractivity contribution >= 4 is 65.6 Å². The van der Waals surface area contributed by atoms with E-state index in [0.717, 1.165) is 44.4 Å². The van der Waals surface area contributed by atoms with Crippen LogP contribution in [-0.2, 0) is 0 Å². The second-order valence-corrected chi connectivity index (χ2v) is 13.3. The van der Waals surface area contributed by atoms with Crippen LogP contribution in [-0.4, -0.2) is 9.13 Å². The monoisotopic (exact) mass is 650 g/mol. The maximum absolute atomic E-state index is 6.42. The van der Waals surface area contributed by atoms with Crippen LogP contribution in [0.1, 0.15) is 0 Å². The second-order valence-electron chi connectivity index (χ2n) is 13.3. The van der Waals surface area contributed by atoms with Crippen molar-refractivity contribution in [1.82, 2.24) is 9.13 Å². The van der Waals surface area contributed by atoms with Gasteiger partial charge in [0.1, 0.15) is 11.2 Å². The largest absolute Gasteiger partial charge is 0.455 e. The van der Waals surface area contributed by atoms with Crippen LogP contribution in [0.5, 0.6) is 0 Å². The average molecular weight is 651 g/mol. The van der Waals surface area contributed by atoms with E-state index in [-0.39, 0.29) is 0 Å². The Labute approximate surface area is 293 Å². The van der Waals surface area contributed by atoms with E-state index in [1.54, 1.807) is 0 Å². The van der Waals surface area contributed by atoms with Crippen LogP contribution in [0.2, 0.25) is 0 Å². The fraction of sp³-hybridized carbons (Fsp3) is 0. The van der Waals surface area contributed by atoms with Crippen LogP contribution < -0.4 is 0 Å². The van der Waals surface area contributed by atoms with E-state index < -0.39 is 0 Å². The van der Waals surface area contributed by atoms with Gasteiger partial charge in [0.25, 0.3) is 0 Å². The molecular weight excluding hydrogens is 621 g/mol. The minimum Gasteiger partial charge on any atom is -0.455 e. The Hall–Kier alpha value is -6.84. The predicted octanol–water partition coefficient (Wildman–Crippen LogP) is 13.1. The summed E-state index contributed by atoms with van der Waals surface area (Å²) in [7, 11) is 0. The molecule has 0 amide bonds. The minimum atomic E-state index is 0.913. The minimum absolute atomic E-state index is 0.913. The summed E-state index contributed by atoms with van der Waals surface area (Å²) in [5.74, 6) is 0. The molecule has 0 aliphatic heterocycles. The first kappa shape index (κ1) is 28.0. The van der Waals surface area contributed by atoms with Crippen molar-refractivity contribution in [2.75, 3.05) is 0 Å². The van der Waals surface area contributed by atoms with Crippen molar-refractivity contribution in [1.29, 1.82) is 0 Å². The van der Waals surface area contributed by atoms with E-state index in [2.05, 4.69) is 179 Å². The average Bonchev–Trinajstić information content (AvgIpc) is 3.86. The van der Waals surface area contributed by atoms with Gasteiger partial charge in [-0.1, -0.05) is 133 Å². The smallest absolute Gasteiger partial charge is 0.143 e. The molecule has 0 spiro atoms. The molecule has 0 saturated carbocycles. The fourth-order valence-electron chi connectivity index (χ4n) is 8.24. The molecule has 0 unspecified atom stereocenters. The molecule has 8 aromatic carbocycles. The zero-order valence-electron chi connectivity index (χ0n) is 27.6. The summed E-state index contributed by atoms with van der Waals surface area (Å²) < 4.78 is 11.3. The van der Waals surface area contributed by atoms with Crippen LogP contribution in [0, 0.1) is 0 Å². The van der Waals surface area contributed by atoms with E-state index in [1.165, 1.54) is 54.7 Å². The lowest BCUT2D eigenvalue weighted by molar-refractivity contribution is 0.670. The van der Waals surface area contributed by atoms with Gasteiger partial charge in [-0.15, -0.1) is 0 Å². The van der Waals surface area contributed by atoms with E-state index in [4.69, 9.17) is 4.42 Å². The van der Waals surface area contributed by atoms with Gasteiger partial charge in [-0.25, -0.2) is 0 Å². The molecule has 3 aromatic heterocycles. The fourth-order valence-corrected chi connectivity index (χ4v) is 8.24. The standard InChI is InChI=1S/C48H30N2O/c1-3-12-31(13-4-1)33-24-29-44-42(30-33)40-28-27-39-37-16-7-9-20-43(37)50(46(39)47(40)49(44)34-14-5-2-6-15-34)35-25-22-32(23-26-35)36-18-11-19-41-38-17-8-10-21-45(38)51-48(36)41/h1-30H. The lowest BCUT2D eigenvalue weighted by Crippen LogP contribution is -1.98. The number of furan rings is 1. The molecular formula is C48H30N2O. The van der Waals surface area contributed by atoms with Crippen molar-refractivity contribution in [3.63, 3.8) is 0 Å². The third kappa shape index (κ3) is 4.12. The first-order chi connectivity index (χ1) is 25.3. The zero-order chi connectivity index (χ0) is 33.5. The van der Waals surface area contributed by atoms with Crippen molar-refractivity contribution in [2.45, 2.75) is 0 Å². The number of benzene rings is 8. The Morgan fingerprint density at radius 3 is 1.71 bits per heavy atom. The van der Waals surface area contributed by atoms with Gasteiger partial charge in [0.15, 0.2) is 0 Å². The molecule has 0 N–H and O–H groups in total. The highest BCUT2D eigenvalue weighted by Crippen LogP contribution is 2.43. The lowest BCUT2D eigenvalue weighted by Gasteiger charge is -2.13. The van der Waals surface area contributed by atoms with E-state index in [1.807, 2.05) is 12.1 Å². The summed E-state index contributed by atoms with van der Waals surface area (Å²) in [5.41, 5.74) is 13.5. The Morgan fingerprint density at radius 1 is 0.333 bits per heavy atom. The Balaban J connectivity index is 1.19. The Bertz CT molecular complexity index is 3110. The first-order valence-electron chi connectivity index (χ1n) is 17.4.